The number of hydrogen-bond donors (Lipinski definition) is 1. The number of anilines is 1. The lowest BCUT2D eigenvalue weighted by molar-refractivity contribution is 0.574. The van der Waals surface area contributed by atoms with Crippen molar-refractivity contribution < 1.29 is 13.2 Å². The van der Waals surface area contributed by atoms with E-state index >= 15 is 0 Å². The molecule has 3 nitrogen and oxygen atoms in total. The number of aromatic nitrogens is 1. The molecule has 0 saturated carbocycles. The molecule has 1 heterocycles. The maximum atomic E-state index is 13.5. The van der Waals surface area contributed by atoms with Crippen LogP contribution in [0.3, 0.4) is 0 Å². The highest BCUT2D eigenvalue weighted by molar-refractivity contribution is 5.39. The molecule has 0 saturated heterocycles. The summed E-state index contributed by atoms with van der Waals surface area (Å²) in [5, 5.41) is 11.2. The van der Waals surface area contributed by atoms with Crippen molar-refractivity contribution in [3.05, 3.63) is 59.0 Å². The van der Waals surface area contributed by atoms with Crippen molar-refractivity contribution in [1.82, 2.24) is 4.98 Å². The molecule has 96 valence electrons. The van der Waals surface area contributed by atoms with Crippen LogP contribution < -0.4 is 5.32 Å². The Kier molecular flexibility index (Phi) is 3.66. The summed E-state index contributed by atoms with van der Waals surface area (Å²) in [6.07, 6.45) is 0.862. The third-order valence-electron chi connectivity index (χ3n) is 2.44. The van der Waals surface area contributed by atoms with Crippen LogP contribution in [0, 0.1) is 28.8 Å². The molecule has 1 aromatic heterocycles. The van der Waals surface area contributed by atoms with Crippen molar-refractivity contribution in [2.75, 3.05) is 5.32 Å². The van der Waals surface area contributed by atoms with Crippen LogP contribution in [0.15, 0.2) is 30.5 Å². The Labute approximate surface area is 107 Å². The number of nitriles is 1. The number of pyridine rings is 1. The summed E-state index contributed by atoms with van der Waals surface area (Å²) in [5.41, 5.74) is 0.455. The van der Waals surface area contributed by atoms with E-state index in [4.69, 9.17) is 5.26 Å². The molecule has 0 atom stereocenters. The molecule has 1 N–H and O–H groups in total. The molecule has 0 fully saturated rings. The molecule has 0 radical (unpaired) electrons. The lowest BCUT2D eigenvalue weighted by atomic mass is 10.1. The predicted octanol–water partition coefficient (Wildman–Crippen LogP) is 2.98. The Morgan fingerprint density at radius 3 is 2.58 bits per heavy atom. The van der Waals surface area contributed by atoms with Crippen LogP contribution in [0.4, 0.5) is 19.0 Å². The van der Waals surface area contributed by atoms with E-state index in [0.29, 0.717) is 6.07 Å². The molecular formula is C13H8F3N3. The van der Waals surface area contributed by atoms with Gasteiger partial charge in [0.1, 0.15) is 11.6 Å². The molecule has 2 rings (SSSR count). The van der Waals surface area contributed by atoms with E-state index in [0.717, 1.165) is 12.3 Å². The molecule has 19 heavy (non-hydrogen) atoms. The van der Waals surface area contributed by atoms with Gasteiger partial charge in [-0.05, 0) is 12.1 Å². The Balaban J connectivity index is 2.13. The quantitative estimate of drug-likeness (QED) is 0.926. The first-order chi connectivity index (χ1) is 9.10. The van der Waals surface area contributed by atoms with Gasteiger partial charge in [0.25, 0.3) is 0 Å². The van der Waals surface area contributed by atoms with Crippen LogP contribution in [0.25, 0.3) is 0 Å². The topological polar surface area (TPSA) is 48.7 Å². The third kappa shape index (κ3) is 3.01. The summed E-state index contributed by atoms with van der Waals surface area (Å²) < 4.78 is 39.4. The van der Waals surface area contributed by atoms with E-state index in [-0.39, 0.29) is 23.5 Å². The molecule has 0 unspecified atom stereocenters. The lowest BCUT2D eigenvalue weighted by Crippen LogP contribution is -2.05. The zero-order chi connectivity index (χ0) is 13.8. The van der Waals surface area contributed by atoms with Crippen LogP contribution >= 0.6 is 0 Å². The number of nitrogens with zero attached hydrogens (tertiary/aromatic N) is 2. The van der Waals surface area contributed by atoms with Crippen LogP contribution in [-0.4, -0.2) is 4.98 Å². The summed E-state index contributed by atoms with van der Waals surface area (Å²) in [6.45, 7) is -0.0207. The summed E-state index contributed by atoms with van der Waals surface area (Å²) >= 11 is 0. The molecule has 0 spiro atoms. The number of halogens is 3. The van der Waals surface area contributed by atoms with E-state index < -0.39 is 17.5 Å². The molecule has 0 aliphatic carbocycles. The van der Waals surface area contributed by atoms with Gasteiger partial charge in [-0.3, -0.25) is 0 Å². The zero-order valence-corrected chi connectivity index (χ0v) is 9.62. The van der Waals surface area contributed by atoms with Crippen molar-refractivity contribution >= 4 is 5.82 Å². The average Bonchev–Trinajstić information content (AvgIpc) is 2.39. The number of benzene rings is 1. The standard InChI is InChI=1S/C13H8F3N3/c14-10-4-12(16)13(19-7-10)18-6-9-2-1-8(5-17)3-11(9)15/h1-4,7H,6H2,(H,18,19). The molecule has 1 aromatic carbocycles. The number of hydrogen-bond acceptors (Lipinski definition) is 3. The van der Waals surface area contributed by atoms with E-state index in [1.807, 2.05) is 6.07 Å². The summed E-state index contributed by atoms with van der Waals surface area (Å²) in [6, 6.07) is 6.46. The minimum atomic E-state index is -0.853. The highest BCUT2D eigenvalue weighted by Crippen LogP contribution is 2.15. The van der Waals surface area contributed by atoms with Gasteiger partial charge < -0.3 is 5.32 Å². The second-order valence-corrected chi connectivity index (χ2v) is 3.76. The van der Waals surface area contributed by atoms with Crippen molar-refractivity contribution in [2.24, 2.45) is 0 Å². The van der Waals surface area contributed by atoms with Crippen molar-refractivity contribution in [3.8, 4) is 6.07 Å². The number of nitrogens with one attached hydrogen (secondary N) is 1. The molecular weight excluding hydrogens is 255 g/mol. The zero-order valence-electron chi connectivity index (χ0n) is 9.62. The normalized spacial score (nSPS) is 10.0. The largest absolute Gasteiger partial charge is 0.363 e. The Morgan fingerprint density at radius 1 is 1.16 bits per heavy atom. The van der Waals surface area contributed by atoms with E-state index in [2.05, 4.69) is 10.3 Å². The molecule has 0 aliphatic rings. The third-order valence-corrected chi connectivity index (χ3v) is 2.44. The van der Waals surface area contributed by atoms with Crippen LogP contribution in [0.1, 0.15) is 11.1 Å². The Bertz CT molecular complexity index is 650. The van der Waals surface area contributed by atoms with Gasteiger partial charge in [0.15, 0.2) is 11.6 Å². The highest BCUT2D eigenvalue weighted by atomic mass is 19.1. The van der Waals surface area contributed by atoms with Gasteiger partial charge in [0, 0.05) is 18.2 Å². The van der Waals surface area contributed by atoms with E-state index in [9.17, 15) is 13.2 Å². The summed E-state index contributed by atoms with van der Waals surface area (Å²) in [7, 11) is 0. The fourth-order valence-electron chi connectivity index (χ4n) is 1.48. The fourth-order valence-corrected chi connectivity index (χ4v) is 1.48. The van der Waals surface area contributed by atoms with E-state index in [1.165, 1.54) is 12.1 Å². The van der Waals surface area contributed by atoms with Gasteiger partial charge in [-0.1, -0.05) is 6.07 Å². The van der Waals surface area contributed by atoms with Gasteiger partial charge in [-0.25, -0.2) is 18.2 Å². The van der Waals surface area contributed by atoms with Crippen LogP contribution in [0.2, 0.25) is 0 Å². The van der Waals surface area contributed by atoms with Crippen LogP contribution in [-0.2, 0) is 6.54 Å². The summed E-state index contributed by atoms with van der Waals surface area (Å²) in [5.74, 6) is -2.37. The van der Waals surface area contributed by atoms with Gasteiger partial charge >= 0.3 is 0 Å². The van der Waals surface area contributed by atoms with Gasteiger partial charge in [-0.15, -0.1) is 0 Å². The molecule has 6 heteroatoms. The molecule has 0 aliphatic heterocycles. The first-order valence-electron chi connectivity index (χ1n) is 5.33. The SMILES string of the molecule is N#Cc1ccc(CNc2ncc(F)cc2F)c(F)c1. The molecule has 2 aromatic rings. The summed E-state index contributed by atoms with van der Waals surface area (Å²) in [4.78, 5) is 3.52. The van der Waals surface area contributed by atoms with Crippen molar-refractivity contribution in [2.45, 2.75) is 6.54 Å². The second kappa shape index (κ2) is 5.40. The smallest absolute Gasteiger partial charge is 0.168 e. The van der Waals surface area contributed by atoms with Gasteiger partial charge in [0.05, 0.1) is 17.8 Å². The van der Waals surface area contributed by atoms with Crippen molar-refractivity contribution in [3.63, 3.8) is 0 Å². The first-order valence-corrected chi connectivity index (χ1v) is 5.33. The van der Waals surface area contributed by atoms with Gasteiger partial charge in [0.2, 0.25) is 0 Å². The van der Waals surface area contributed by atoms with Gasteiger partial charge in [-0.2, -0.15) is 5.26 Å². The Hall–Kier alpha value is -2.55. The minimum absolute atomic E-state index is 0.0207. The first kappa shape index (κ1) is 12.9. The fraction of sp³-hybridized carbons (Fsp3) is 0.0769. The second-order valence-electron chi connectivity index (χ2n) is 3.76. The maximum Gasteiger partial charge on any atom is 0.168 e. The highest BCUT2D eigenvalue weighted by Gasteiger charge is 2.07. The minimum Gasteiger partial charge on any atom is -0.363 e. The van der Waals surface area contributed by atoms with E-state index in [1.54, 1.807) is 0 Å². The monoisotopic (exact) mass is 263 g/mol. The maximum absolute atomic E-state index is 13.5. The molecule has 0 amide bonds. The molecule has 0 bridgehead atoms. The number of rotatable bonds is 3. The van der Waals surface area contributed by atoms with Crippen LogP contribution in [0.5, 0.6) is 0 Å². The Morgan fingerprint density at radius 2 is 1.95 bits per heavy atom. The lowest BCUT2D eigenvalue weighted by Gasteiger charge is -2.07. The van der Waals surface area contributed by atoms with Crippen molar-refractivity contribution in [1.29, 1.82) is 5.26 Å². The average molecular weight is 263 g/mol. The predicted molar refractivity (Wildman–Crippen MR) is 62.6 cm³/mol.